The van der Waals surface area contributed by atoms with Gasteiger partial charge in [-0.25, -0.2) is 4.79 Å². The molecule has 1 N–H and O–H groups in total. The molecule has 1 fully saturated rings. The molecular weight excluding hydrogens is 212 g/mol. The number of hydrogen-bond acceptors (Lipinski definition) is 5. The molecule has 86 valence electrons. The Hall–Kier alpha value is -1.75. The van der Waals surface area contributed by atoms with E-state index in [0.29, 0.717) is 19.0 Å². The number of phenols is 1. The van der Waals surface area contributed by atoms with Gasteiger partial charge in [0.15, 0.2) is 0 Å². The van der Waals surface area contributed by atoms with Gasteiger partial charge >= 0.3 is 5.97 Å². The quantitative estimate of drug-likeness (QED) is 0.609. The molecule has 0 aliphatic carbocycles. The maximum absolute atomic E-state index is 11.3. The van der Waals surface area contributed by atoms with Crippen molar-refractivity contribution in [3.05, 3.63) is 23.8 Å². The highest BCUT2D eigenvalue weighted by Crippen LogP contribution is 2.24. The van der Waals surface area contributed by atoms with E-state index in [-0.39, 0.29) is 17.4 Å². The van der Waals surface area contributed by atoms with E-state index < -0.39 is 5.97 Å². The van der Waals surface area contributed by atoms with Crippen molar-refractivity contribution in [3.8, 4) is 11.5 Å². The van der Waals surface area contributed by atoms with Crippen LogP contribution in [0.1, 0.15) is 10.4 Å². The molecule has 1 saturated heterocycles. The molecule has 1 aliphatic rings. The van der Waals surface area contributed by atoms with Crippen LogP contribution in [-0.4, -0.2) is 37.5 Å². The molecule has 0 bridgehead atoms. The highest BCUT2D eigenvalue weighted by Gasteiger charge is 2.23. The van der Waals surface area contributed by atoms with E-state index in [9.17, 15) is 9.90 Å². The third-order valence-electron chi connectivity index (χ3n) is 2.21. The molecule has 1 atom stereocenters. The van der Waals surface area contributed by atoms with Gasteiger partial charge in [0.25, 0.3) is 0 Å². The fourth-order valence-corrected chi connectivity index (χ4v) is 1.23. The summed E-state index contributed by atoms with van der Waals surface area (Å²) in [6.07, 6.45) is 0.148. The molecule has 0 saturated carbocycles. The van der Waals surface area contributed by atoms with Crippen LogP contribution in [0.3, 0.4) is 0 Å². The van der Waals surface area contributed by atoms with Crippen molar-refractivity contribution in [2.24, 2.45) is 0 Å². The Kier molecular flexibility index (Phi) is 2.96. The van der Waals surface area contributed by atoms with Gasteiger partial charge in [-0.15, -0.1) is 0 Å². The molecule has 0 radical (unpaired) electrons. The van der Waals surface area contributed by atoms with Gasteiger partial charge in [-0.3, -0.25) is 0 Å². The molecule has 0 unspecified atom stereocenters. The van der Waals surface area contributed by atoms with Crippen LogP contribution in [0.5, 0.6) is 11.5 Å². The lowest BCUT2D eigenvalue weighted by Crippen LogP contribution is -2.06. The number of hydrogen-bond donors (Lipinski definition) is 1. The van der Waals surface area contributed by atoms with Crippen LogP contribution in [0.15, 0.2) is 18.2 Å². The van der Waals surface area contributed by atoms with Crippen molar-refractivity contribution in [1.29, 1.82) is 0 Å². The first kappa shape index (κ1) is 10.8. The molecule has 1 aromatic carbocycles. The zero-order valence-corrected chi connectivity index (χ0v) is 8.80. The van der Waals surface area contributed by atoms with Crippen molar-refractivity contribution in [2.45, 2.75) is 6.10 Å². The monoisotopic (exact) mass is 224 g/mol. The van der Waals surface area contributed by atoms with Crippen LogP contribution in [0.4, 0.5) is 0 Å². The minimum atomic E-state index is -0.592. The van der Waals surface area contributed by atoms with Crippen molar-refractivity contribution in [2.75, 3.05) is 20.3 Å². The zero-order chi connectivity index (χ0) is 11.5. The Morgan fingerprint density at radius 3 is 3.00 bits per heavy atom. The summed E-state index contributed by atoms with van der Waals surface area (Å²) in [5.41, 5.74) is 0.0942. The highest BCUT2D eigenvalue weighted by molar-refractivity contribution is 5.92. The first-order valence-electron chi connectivity index (χ1n) is 4.86. The van der Waals surface area contributed by atoms with E-state index in [0.717, 1.165) is 0 Å². The van der Waals surface area contributed by atoms with Crippen LogP contribution < -0.4 is 4.74 Å². The number of epoxide rings is 1. The van der Waals surface area contributed by atoms with E-state index >= 15 is 0 Å². The lowest BCUT2D eigenvalue weighted by molar-refractivity contribution is 0.0597. The summed E-state index contributed by atoms with van der Waals surface area (Å²) in [7, 11) is 1.26. The van der Waals surface area contributed by atoms with Gasteiger partial charge in [-0.05, 0) is 18.2 Å². The topological polar surface area (TPSA) is 68.3 Å². The largest absolute Gasteiger partial charge is 0.507 e. The van der Waals surface area contributed by atoms with Crippen molar-refractivity contribution in [1.82, 2.24) is 0 Å². The van der Waals surface area contributed by atoms with Gasteiger partial charge in [0.1, 0.15) is 29.8 Å². The average Bonchev–Trinajstić information content (AvgIpc) is 3.11. The number of phenolic OH excluding ortho intramolecular Hbond substituents is 1. The Balaban J connectivity index is 2.10. The van der Waals surface area contributed by atoms with Gasteiger partial charge in [0, 0.05) is 0 Å². The number of esters is 1. The molecule has 1 aliphatic heterocycles. The molecule has 0 spiro atoms. The Morgan fingerprint density at radius 2 is 2.38 bits per heavy atom. The number of rotatable bonds is 4. The van der Waals surface area contributed by atoms with Gasteiger partial charge in [-0.1, -0.05) is 0 Å². The fraction of sp³-hybridized carbons (Fsp3) is 0.364. The Labute approximate surface area is 92.5 Å². The summed E-state index contributed by atoms with van der Waals surface area (Å²) in [6, 6.07) is 4.43. The fourth-order valence-electron chi connectivity index (χ4n) is 1.23. The Morgan fingerprint density at radius 1 is 1.62 bits per heavy atom. The van der Waals surface area contributed by atoms with Gasteiger partial charge in [0.05, 0.1) is 13.7 Å². The second kappa shape index (κ2) is 4.40. The smallest absolute Gasteiger partial charge is 0.341 e. The molecule has 0 aromatic heterocycles. The van der Waals surface area contributed by atoms with Gasteiger partial charge in [-0.2, -0.15) is 0 Å². The maximum atomic E-state index is 11.3. The number of carbonyl (C=O) groups is 1. The molecule has 2 rings (SSSR count). The van der Waals surface area contributed by atoms with Crippen LogP contribution in [0.2, 0.25) is 0 Å². The van der Waals surface area contributed by atoms with Crippen molar-refractivity contribution >= 4 is 5.97 Å². The third-order valence-corrected chi connectivity index (χ3v) is 2.21. The first-order valence-corrected chi connectivity index (χ1v) is 4.86. The molecule has 1 aromatic rings. The number of ether oxygens (including phenoxy) is 3. The standard InChI is InChI=1S/C11H12O5/c1-14-11(13)9-4-7(2-3-10(9)12)15-5-8-6-16-8/h2-4,8,12H,5-6H2,1H3/t8-/m1/s1. The van der Waals surface area contributed by atoms with Crippen molar-refractivity contribution < 1.29 is 24.1 Å². The predicted molar refractivity (Wildman–Crippen MR) is 54.7 cm³/mol. The number of carbonyl (C=O) groups excluding carboxylic acids is 1. The molecule has 5 heteroatoms. The summed E-state index contributed by atoms with van der Waals surface area (Å²) < 4.78 is 14.9. The third kappa shape index (κ3) is 2.43. The van der Waals surface area contributed by atoms with Crippen LogP contribution >= 0.6 is 0 Å². The van der Waals surface area contributed by atoms with Gasteiger partial charge in [0.2, 0.25) is 0 Å². The lowest BCUT2D eigenvalue weighted by Gasteiger charge is -2.07. The van der Waals surface area contributed by atoms with Crippen LogP contribution in [0, 0.1) is 0 Å². The minimum absolute atomic E-state index is 0.0942. The van der Waals surface area contributed by atoms with E-state index in [4.69, 9.17) is 9.47 Å². The maximum Gasteiger partial charge on any atom is 0.341 e. The van der Waals surface area contributed by atoms with E-state index in [2.05, 4.69) is 4.74 Å². The lowest BCUT2D eigenvalue weighted by atomic mass is 10.2. The molecule has 0 amide bonds. The molecule has 1 heterocycles. The molecule has 5 nitrogen and oxygen atoms in total. The molecular formula is C11H12O5. The summed E-state index contributed by atoms with van der Waals surface area (Å²) in [6.45, 7) is 1.16. The minimum Gasteiger partial charge on any atom is -0.507 e. The van der Waals surface area contributed by atoms with E-state index in [1.807, 2.05) is 0 Å². The predicted octanol–water partition coefficient (Wildman–Crippen LogP) is 0.956. The second-order valence-corrected chi connectivity index (χ2v) is 3.44. The Bertz CT molecular complexity index is 397. The summed E-state index contributed by atoms with van der Waals surface area (Å²) >= 11 is 0. The summed E-state index contributed by atoms with van der Waals surface area (Å²) in [5.74, 6) is -0.207. The number of aromatic hydroxyl groups is 1. The first-order chi connectivity index (χ1) is 7.70. The van der Waals surface area contributed by atoms with Gasteiger partial charge < -0.3 is 19.3 Å². The second-order valence-electron chi connectivity index (χ2n) is 3.44. The normalized spacial score (nSPS) is 17.9. The number of benzene rings is 1. The van der Waals surface area contributed by atoms with Crippen LogP contribution in [0.25, 0.3) is 0 Å². The van der Waals surface area contributed by atoms with E-state index in [1.54, 1.807) is 6.07 Å². The summed E-state index contributed by atoms with van der Waals surface area (Å²) in [4.78, 5) is 11.3. The highest BCUT2D eigenvalue weighted by atomic mass is 16.6. The summed E-state index contributed by atoms with van der Waals surface area (Å²) in [5, 5.41) is 9.45. The van der Waals surface area contributed by atoms with Crippen LogP contribution in [-0.2, 0) is 9.47 Å². The average molecular weight is 224 g/mol. The zero-order valence-electron chi connectivity index (χ0n) is 8.80. The SMILES string of the molecule is COC(=O)c1cc(OC[C@@H]2CO2)ccc1O. The van der Waals surface area contributed by atoms with Crippen molar-refractivity contribution in [3.63, 3.8) is 0 Å². The number of methoxy groups -OCH3 is 1. The molecule has 16 heavy (non-hydrogen) atoms. The van der Waals surface area contributed by atoms with E-state index in [1.165, 1.54) is 19.2 Å².